The second kappa shape index (κ2) is 6.16. The molecule has 166 valence electrons. The summed E-state index contributed by atoms with van der Waals surface area (Å²) in [4.78, 5) is 27.1. The predicted molar refractivity (Wildman–Crippen MR) is 145 cm³/mol. The Morgan fingerprint density at radius 1 is 0.500 bits per heavy atom. The van der Waals surface area contributed by atoms with Gasteiger partial charge in [-0.2, -0.15) is 0 Å². The predicted octanol–water partition coefficient (Wildman–Crippen LogP) is 7.21. The molecule has 0 saturated heterocycles. The third-order valence-corrected chi connectivity index (χ3v) is 8.67. The third-order valence-electron chi connectivity index (χ3n) is 8.67. The summed E-state index contributed by atoms with van der Waals surface area (Å²) in [5.74, 6) is 0.175. The van der Waals surface area contributed by atoms with Crippen LogP contribution in [0, 0.1) is 0 Å². The summed E-state index contributed by atoms with van der Waals surface area (Å²) in [6, 6.07) is 28.9. The van der Waals surface area contributed by atoms with Crippen LogP contribution in [0.3, 0.4) is 0 Å². The van der Waals surface area contributed by atoms with Gasteiger partial charge < -0.3 is 0 Å². The van der Waals surface area contributed by atoms with Gasteiger partial charge in [-0.15, -0.1) is 0 Å². The largest absolute Gasteiger partial charge is 0.293 e. The van der Waals surface area contributed by atoms with Gasteiger partial charge in [0.15, 0.2) is 11.6 Å². The first-order valence-corrected chi connectivity index (χ1v) is 12.5. The maximum Gasteiger partial charge on any atom is 0.194 e. The fraction of sp³-hybridized carbons (Fsp3) is 0.0588. The maximum absolute atomic E-state index is 13.6. The zero-order chi connectivity index (χ0) is 23.7. The van der Waals surface area contributed by atoms with Crippen LogP contribution >= 0.6 is 0 Å². The molecule has 0 fully saturated rings. The van der Waals surface area contributed by atoms with E-state index >= 15 is 0 Å². The van der Waals surface area contributed by atoms with Gasteiger partial charge in [0.25, 0.3) is 0 Å². The second-order valence-corrected chi connectivity index (χ2v) is 10.2. The summed E-state index contributed by atoms with van der Waals surface area (Å²) in [7, 11) is 0. The van der Waals surface area contributed by atoms with E-state index in [1.54, 1.807) is 0 Å². The molecule has 1 unspecified atom stereocenters. The van der Waals surface area contributed by atoms with Crippen LogP contribution in [0.15, 0.2) is 84.9 Å². The van der Waals surface area contributed by atoms with Gasteiger partial charge >= 0.3 is 0 Å². The first-order chi connectivity index (χ1) is 17.7. The number of ketones is 2. The highest BCUT2D eigenvalue weighted by Crippen LogP contribution is 2.49. The average molecular weight is 459 g/mol. The Bertz CT molecular complexity index is 2110. The zero-order valence-corrected chi connectivity index (χ0v) is 19.3. The average Bonchev–Trinajstić information content (AvgIpc) is 2.94. The number of carbonyl (C=O) groups is 2. The zero-order valence-electron chi connectivity index (χ0n) is 19.3. The van der Waals surface area contributed by atoms with Crippen LogP contribution < -0.4 is 5.22 Å². The van der Waals surface area contributed by atoms with Crippen LogP contribution in [0.1, 0.15) is 44.2 Å². The number of hydrogen-bond acceptors (Lipinski definition) is 2. The van der Waals surface area contributed by atoms with Crippen LogP contribution in [0.25, 0.3) is 60.6 Å². The standard InChI is InChI=1S/C34H18O2/c35-33-25-7-3-1-5-17(25)19-9-11-21-22-12-10-20-18-6-2-4-8-26(18)34(36)28-16-14-24(30(22)32(20)28)23-13-15-27(33)31(19)29(21)23/h1-15,28H,16H2. The molecule has 2 heteroatoms. The molecule has 0 aliphatic heterocycles. The van der Waals surface area contributed by atoms with Gasteiger partial charge in [-0.25, -0.2) is 0 Å². The van der Waals surface area contributed by atoms with Gasteiger partial charge in [0.05, 0.1) is 5.92 Å². The Morgan fingerprint density at radius 3 is 1.92 bits per heavy atom. The summed E-state index contributed by atoms with van der Waals surface area (Å²) in [5.41, 5.74) is 7.91. The monoisotopic (exact) mass is 458 g/mol. The van der Waals surface area contributed by atoms with Crippen molar-refractivity contribution in [1.82, 2.24) is 0 Å². The molecule has 0 saturated carbocycles. The highest BCUT2D eigenvalue weighted by molar-refractivity contribution is 6.34. The summed E-state index contributed by atoms with van der Waals surface area (Å²) in [6.45, 7) is 0. The van der Waals surface area contributed by atoms with E-state index < -0.39 is 0 Å². The number of Topliss-reactive ketones (excluding diaryl/α,β-unsaturated/α-hetero) is 1. The minimum Gasteiger partial charge on any atom is -0.293 e. The normalized spacial score (nSPS) is 16.8. The smallest absolute Gasteiger partial charge is 0.194 e. The Morgan fingerprint density at radius 2 is 1.11 bits per heavy atom. The minimum atomic E-state index is -0.142. The third kappa shape index (κ3) is 1.99. The van der Waals surface area contributed by atoms with Crippen LogP contribution in [0.4, 0.5) is 0 Å². The number of carbonyl (C=O) groups excluding carboxylic acids is 2. The first-order valence-electron chi connectivity index (χ1n) is 12.5. The highest BCUT2D eigenvalue weighted by Gasteiger charge is 2.36. The molecule has 3 aliphatic carbocycles. The molecule has 0 bridgehead atoms. The van der Waals surface area contributed by atoms with E-state index in [1.807, 2.05) is 42.5 Å². The summed E-state index contributed by atoms with van der Waals surface area (Å²) >= 11 is 0. The Labute approximate surface area is 206 Å². The highest BCUT2D eigenvalue weighted by atomic mass is 16.1. The molecule has 1 atom stereocenters. The summed E-state index contributed by atoms with van der Waals surface area (Å²) in [5, 5.41) is 8.11. The van der Waals surface area contributed by atoms with Crippen molar-refractivity contribution in [2.24, 2.45) is 0 Å². The van der Waals surface area contributed by atoms with Crippen LogP contribution in [-0.2, 0) is 0 Å². The van der Waals surface area contributed by atoms with Crippen LogP contribution in [0.5, 0.6) is 0 Å². The number of fused-ring (bicyclic) bond motifs is 6. The van der Waals surface area contributed by atoms with Crippen molar-refractivity contribution in [1.29, 1.82) is 0 Å². The molecule has 0 N–H and O–H groups in total. The quantitative estimate of drug-likeness (QED) is 0.178. The van der Waals surface area contributed by atoms with Crippen LogP contribution in [-0.4, -0.2) is 11.6 Å². The van der Waals surface area contributed by atoms with Gasteiger partial charge in [0, 0.05) is 22.1 Å². The van der Waals surface area contributed by atoms with Crippen LogP contribution in [0.2, 0.25) is 0 Å². The van der Waals surface area contributed by atoms with Gasteiger partial charge in [-0.1, -0.05) is 84.9 Å². The number of benzene rings is 6. The van der Waals surface area contributed by atoms with E-state index in [-0.39, 0.29) is 17.5 Å². The lowest BCUT2D eigenvalue weighted by atomic mass is 9.71. The molecule has 6 aromatic carbocycles. The SMILES string of the molecule is O=C1c2ccccc2-c2ccc3c4ccc5c6c4c(c4ccc1c2c43)=CCC6C(=O)c1ccccc1-5. The van der Waals surface area contributed by atoms with E-state index in [1.165, 1.54) is 32.5 Å². The Kier molecular flexibility index (Phi) is 3.21. The van der Waals surface area contributed by atoms with Crippen molar-refractivity contribution >= 4 is 50.0 Å². The van der Waals surface area contributed by atoms with Gasteiger partial charge in [0.1, 0.15) is 0 Å². The molecule has 36 heavy (non-hydrogen) atoms. The maximum atomic E-state index is 13.6. The lowest BCUT2D eigenvalue weighted by molar-refractivity contribution is 0.0959. The molecule has 9 rings (SSSR count). The van der Waals surface area contributed by atoms with E-state index in [2.05, 4.69) is 48.5 Å². The molecule has 6 aromatic rings. The van der Waals surface area contributed by atoms with Crippen molar-refractivity contribution in [2.45, 2.75) is 12.3 Å². The lowest BCUT2D eigenvalue weighted by Gasteiger charge is -2.31. The first kappa shape index (κ1) is 18.7. The molecule has 0 amide bonds. The molecular formula is C34H18O2. The van der Waals surface area contributed by atoms with Crippen molar-refractivity contribution in [3.8, 4) is 22.3 Å². The summed E-state index contributed by atoms with van der Waals surface area (Å²) < 4.78 is 0. The fourth-order valence-electron chi connectivity index (χ4n) is 7.21. The molecule has 0 radical (unpaired) electrons. The number of hydrogen-bond donors (Lipinski definition) is 0. The van der Waals surface area contributed by atoms with E-state index in [0.717, 1.165) is 49.5 Å². The molecule has 3 aliphatic rings. The fourth-order valence-corrected chi connectivity index (χ4v) is 7.21. The van der Waals surface area contributed by atoms with E-state index in [4.69, 9.17) is 0 Å². The number of rotatable bonds is 0. The van der Waals surface area contributed by atoms with Crippen molar-refractivity contribution in [3.63, 3.8) is 0 Å². The second-order valence-electron chi connectivity index (χ2n) is 10.2. The molecular weight excluding hydrogens is 440 g/mol. The van der Waals surface area contributed by atoms with E-state index in [0.29, 0.717) is 6.42 Å². The van der Waals surface area contributed by atoms with Gasteiger partial charge in [0.2, 0.25) is 0 Å². The minimum absolute atomic E-state index is 0.0953. The van der Waals surface area contributed by atoms with Crippen molar-refractivity contribution in [2.75, 3.05) is 0 Å². The molecule has 0 spiro atoms. The lowest BCUT2D eigenvalue weighted by Crippen LogP contribution is -2.25. The van der Waals surface area contributed by atoms with Crippen molar-refractivity contribution in [3.05, 3.63) is 112 Å². The summed E-state index contributed by atoms with van der Waals surface area (Å²) in [6.07, 6.45) is 2.96. The Hall–Kier alpha value is -4.56. The van der Waals surface area contributed by atoms with Gasteiger partial charge in [-0.3, -0.25) is 9.59 Å². The van der Waals surface area contributed by atoms with Gasteiger partial charge in [-0.05, 0) is 72.5 Å². The Balaban J connectivity index is 1.51. The van der Waals surface area contributed by atoms with Crippen molar-refractivity contribution < 1.29 is 9.59 Å². The molecule has 0 aromatic heterocycles. The van der Waals surface area contributed by atoms with E-state index in [9.17, 15) is 9.59 Å². The molecule has 0 heterocycles. The topological polar surface area (TPSA) is 34.1 Å². The molecule has 2 nitrogen and oxygen atoms in total.